The SMILES string of the molecule is CN(C)c1cccc(Oc2ccc(N)c3ncccc23)c1. The van der Waals surface area contributed by atoms with Crippen LogP contribution in [0, 0.1) is 0 Å². The standard InChI is InChI=1S/C17H17N3O/c1-20(2)12-5-3-6-13(11-12)21-16-9-8-15(18)17-14(16)7-4-10-19-17/h3-11H,18H2,1-2H3. The normalized spacial score (nSPS) is 10.6. The summed E-state index contributed by atoms with van der Waals surface area (Å²) in [6.45, 7) is 0. The van der Waals surface area contributed by atoms with Crippen LogP contribution in [0.25, 0.3) is 10.9 Å². The summed E-state index contributed by atoms with van der Waals surface area (Å²) < 4.78 is 6.02. The molecule has 0 saturated carbocycles. The Morgan fingerprint density at radius 3 is 2.71 bits per heavy atom. The summed E-state index contributed by atoms with van der Waals surface area (Å²) in [6.07, 6.45) is 1.73. The maximum Gasteiger partial charge on any atom is 0.136 e. The van der Waals surface area contributed by atoms with Crippen LogP contribution in [-0.2, 0) is 0 Å². The van der Waals surface area contributed by atoms with Crippen molar-refractivity contribution >= 4 is 22.3 Å². The van der Waals surface area contributed by atoms with Crippen molar-refractivity contribution in [2.45, 2.75) is 0 Å². The highest BCUT2D eigenvalue weighted by Gasteiger charge is 2.07. The van der Waals surface area contributed by atoms with Crippen molar-refractivity contribution in [2.75, 3.05) is 24.7 Å². The number of rotatable bonds is 3. The number of fused-ring (bicyclic) bond motifs is 1. The van der Waals surface area contributed by atoms with E-state index in [9.17, 15) is 0 Å². The third kappa shape index (κ3) is 2.60. The molecular formula is C17H17N3O. The van der Waals surface area contributed by atoms with Crippen molar-refractivity contribution in [3.05, 3.63) is 54.7 Å². The fourth-order valence-corrected chi connectivity index (χ4v) is 2.21. The Hall–Kier alpha value is -2.75. The summed E-state index contributed by atoms with van der Waals surface area (Å²) in [6, 6.07) is 15.5. The first-order chi connectivity index (χ1) is 10.1. The number of anilines is 2. The molecule has 3 aromatic rings. The smallest absolute Gasteiger partial charge is 0.136 e. The molecular weight excluding hydrogens is 262 g/mol. The van der Waals surface area contributed by atoms with Crippen LogP contribution < -0.4 is 15.4 Å². The van der Waals surface area contributed by atoms with Gasteiger partial charge >= 0.3 is 0 Å². The number of hydrogen-bond acceptors (Lipinski definition) is 4. The number of benzene rings is 2. The number of nitrogens with two attached hydrogens (primary N) is 1. The van der Waals surface area contributed by atoms with Crippen LogP contribution in [-0.4, -0.2) is 19.1 Å². The molecule has 0 saturated heterocycles. The van der Waals surface area contributed by atoms with E-state index in [1.54, 1.807) is 6.20 Å². The molecule has 0 spiro atoms. The quantitative estimate of drug-likeness (QED) is 0.743. The third-order valence-electron chi connectivity index (χ3n) is 3.32. The fraction of sp³-hybridized carbons (Fsp3) is 0.118. The van der Waals surface area contributed by atoms with Crippen molar-refractivity contribution in [2.24, 2.45) is 0 Å². The maximum absolute atomic E-state index is 6.02. The highest BCUT2D eigenvalue weighted by Crippen LogP contribution is 2.32. The summed E-state index contributed by atoms with van der Waals surface area (Å²) in [5.74, 6) is 1.54. The summed E-state index contributed by atoms with van der Waals surface area (Å²) in [5.41, 5.74) is 8.46. The Kier molecular flexibility index (Phi) is 3.36. The van der Waals surface area contributed by atoms with E-state index >= 15 is 0 Å². The molecule has 106 valence electrons. The second-order valence-corrected chi connectivity index (χ2v) is 5.05. The molecule has 21 heavy (non-hydrogen) atoms. The maximum atomic E-state index is 6.02. The number of nitrogen functional groups attached to an aromatic ring is 1. The molecule has 0 unspecified atom stereocenters. The predicted octanol–water partition coefficient (Wildman–Crippen LogP) is 3.68. The molecule has 1 aromatic heterocycles. The lowest BCUT2D eigenvalue weighted by Crippen LogP contribution is -2.08. The highest BCUT2D eigenvalue weighted by atomic mass is 16.5. The van der Waals surface area contributed by atoms with Gasteiger partial charge < -0.3 is 15.4 Å². The van der Waals surface area contributed by atoms with Crippen LogP contribution in [0.3, 0.4) is 0 Å². The number of hydrogen-bond donors (Lipinski definition) is 1. The van der Waals surface area contributed by atoms with Gasteiger partial charge in [0.2, 0.25) is 0 Å². The van der Waals surface area contributed by atoms with E-state index in [-0.39, 0.29) is 0 Å². The second kappa shape index (κ2) is 5.32. The zero-order valence-electron chi connectivity index (χ0n) is 12.1. The summed E-state index contributed by atoms with van der Waals surface area (Å²) >= 11 is 0. The van der Waals surface area contributed by atoms with Crippen molar-refractivity contribution in [1.82, 2.24) is 4.98 Å². The first-order valence-corrected chi connectivity index (χ1v) is 6.73. The molecule has 0 amide bonds. The second-order valence-electron chi connectivity index (χ2n) is 5.05. The van der Waals surface area contributed by atoms with Gasteiger partial charge in [0.05, 0.1) is 11.2 Å². The van der Waals surface area contributed by atoms with Gasteiger partial charge in [0.15, 0.2) is 0 Å². The zero-order valence-corrected chi connectivity index (χ0v) is 12.1. The van der Waals surface area contributed by atoms with E-state index in [1.807, 2.05) is 67.5 Å². The van der Waals surface area contributed by atoms with Gasteiger partial charge in [-0.2, -0.15) is 0 Å². The Morgan fingerprint density at radius 2 is 1.90 bits per heavy atom. The highest BCUT2D eigenvalue weighted by molar-refractivity contribution is 5.93. The van der Waals surface area contributed by atoms with Gasteiger partial charge in [0.1, 0.15) is 11.5 Å². The predicted molar refractivity (Wildman–Crippen MR) is 87.0 cm³/mol. The molecule has 0 aliphatic heterocycles. The third-order valence-corrected chi connectivity index (χ3v) is 3.32. The molecule has 0 atom stereocenters. The van der Waals surface area contributed by atoms with E-state index in [0.29, 0.717) is 5.69 Å². The molecule has 4 nitrogen and oxygen atoms in total. The topological polar surface area (TPSA) is 51.4 Å². The average Bonchev–Trinajstić information content (AvgIpc) is 2.51. The van der Waals surface area contributed by atoms with Crippen molar-refractivity contribution < 1.29 is 4.74 Å². The van der Waals surface area contributed by atoms with Crippen molar-refractivity contribution in [3.63, 3.8) is 0 Å². The largest absolute Gasteiger partial charge is 0.457 e. The molecule has 3 rings (SSSR count). The van der Waals surface area contributed by atoms with Crippen LogP contribution in [0.1, 0.15) is 0 Å². The van der Waals surface area contributed by atoms with Crippen molar-refractivity contribution in [3.8, 4) is 11.5 Å². The van der Waals surface area contributed by atoms with E-state index in [4.69, 9.17) is 10.5 Å². The molecule has 2 aromatic carbocycles. The molecule has 1 heterocycles. The van der Waals surface area contributed by atoms with E-state index in [1.165, 1.54) is 0 Å². The minimum atomic E-state index is 0.653. The molecule has 0 aliphatic carbocycles. The van der Waals surface area contributed by atoms with Gasteiger partial charge in [-0.25, -0.2) is 0 Å². The fourth-order valence-electron chi connectivity index (χ4n) is 2.21. The zero-order chi connectivity index (χ0) is 14.8. The molecule has 0 radical (unpaired) electrons. The lowest BCUT2D eigenvalue weighted by atomic mass is 10.1. The first-order valence-electron chi connectivity index (χ1n) is 6.73. The molecule has 0 bridgehead atoms. The van der Waals surface area contributed by atoms with E-state index in [2.05, 4.69) is 4.98 Å². The molecule has 0 fully saturated rings. The minimum absolute atomic E-state index is 0.653. The number of aromatic nitrogens is 1. The van der Waals surface area contributed by atoms with Crippen LogP contribution in [0.5, 0.6) is 11.5 Å². The Labute approximate surface area is 123 Å². The van der Waals surface area contributed by atoms with E-state index < -0.39 is 0 Å². The van der Waals surface area contributed by atoms with Gasteiger partial charge in [0.25, 0.3) is 0 Å². The Balaban J connectivity index is 2.02. The lowest BCUT2D eigenvalue weighted by Gasteiger charge is -2.15. The number of pyridine rings is 1. The van der Waals surface area contributed by atoms with Gasteiger partial charge in [-0.3, -0.25) is 4.98 Å². The summed E-state index contributed by atoms with van der Waals surface area (Å²) in [5, 5.41) is 0.910. The van der Waals surface area contributed by atoms with Gasteiger partial charge in [0, 0.05) is 37.4 Å². The summed E-state index contributed by atoms with van der Waals surface area (Å²) in [4.78, 5) is 6.35. The minimum Gasteiger partial charge on any atom is -0.457 e. The Morgan fingerprint density at radius 1 is 1.05 bits per heavy atom. The first kappa shape index (κ1) is 13.2. The average molecular weight is 279 g/mol. The van der Waals surface area contributed by atoms with Gasteiger partial charge in [-0.05, 0) is 36.4 Å². The molecule has 2 N–H and O–H groups in total. The van der Waals surface area contributed by atoms with Crippen LogP contribution >= 0.6 is 0 Å². The van der Waals surface area contributed by atoms with E-state index in [0.717, 1.165) is 28.1 Å². The molecule has 4 heteroatoms. The monoisotopic (exact) mass is 279 g/mol. The van der Waals surface area contributed by atoms with Crippen molar-refractivity contribution in [1.29, 1.82) is 0 Å². The lowest BCUT2D eigenvalue weighted by molar-refractivity contribution is 0.488. The van der Waals surface area contributed by atoms with Crippen LogP contribution in [0.4, 0.5) is 11.4 Å². The number of nitrogens with zero attached hydrogens (tertiary/aromatic N) is 2. The van der Waals surface area contributed by atoms with Crippen LogP contribution in [0.15, 0.2) is 54.7 Å². The van der Waals surface area contributed by atoms with Gasteiger partial charge in [-0.1, -0.05) is 6.07 Å². The van der Waals surface area contributed by atoms with Gasteiger partial charge in [-0.15, -0.1) is 0 Å². The van der Waals surface area contributed by atoms with Crippen LogP contribution in [0.2, 0.25) is 0 Å². The Bertz CT molecular complexity index is 784. The summed E-state index contributed by atoms with van der Waals surface area (Å²) in [7, 11) is 4.00. The molecule has 0 aliphatic rings. The number of ether oxygens (including phenoxy) is 1.